The minimum Gasteiger partial charge on any atom is -0.477 e. The van der Waals surface area contributed by atoms with Gasteiger partial charge in [-0.1, -0.05) is 54.6 Å². The highest BCUT2D eigenvalue weighted by molar-refractivity contribution is 5.85. The number of carboxylic acids is 1. The van der Waals surface area contributed by atoms with Crippen LogP contribution in [-0.2, 0) is 4.74 Å². The van der Waals surface area contributed by atoms with E-state index in [1.54, 1.807) is 19.1 Å². The van der Waals surface area contributed by atoms with E-state index in [4.69, 9.17) is 14.6 Å². The van der Waals surface area contributed by atoms with E-state index >= 15 is 0 Å². The number of alkyl carbamates (subject to hydrolysis) is 1. The number of rotatable bonds is 7. The van der Waals surface area contributed by atoms with Crippen molar-refractivity contribution < 1.29 is 24.2 Å². The summed E-state index contributed by atoms with van der Waals surface area (Å²) in [6.45, 7) is 2.12. The summed E-state index contributed by atoms with van der Waals surface area (Å²) in [5.74, 6) is -0.955. The zero-order valence-corrected chi connectivity index (χ0v) is 16.9. The number of hydrogen-bond acceptors (Lipinski definition) is 5. The molecule has 1 aliphatic rings. The number of aromatic nitrogens is 1. The molecule has 1 amide bonds. The fourth-order valence-electron chi connectivity index (χ4n) is 3.71. The number of nitrogens with zero attached hydrogens (tertiary/aromatic N) is 1. The average molecular weight is 418 g/mol. The summed E-state index contributed by atoms with van der Waals surface area (Å²) < 4.78 is 11.0. The molecule has 1 heterocycles. The molecule has 7 nitrogen and oxygen atoms in total. The molecule has 0 spiro atoms. The van der Waals surface area contributed by atoms with E-state index in [1.807, 2.05) is 24.3 Å². The first-order chi connectivity index (χ1) is 15.0. The second kappa shape index (κ2) is 8.87. The Morgan fingerprint density at radius 2 is 1.65 bits per heavy atom. The third-order valence-electron chi connectivity index (χ3n) is 5.13. The Bertz CT molecular complexity index is 1070. The summed E-state index contributed by atoms with van der Waals surface area (Å²) in [4.78, 5) is 27.2. The van der Waals surface area contributed by atoms with Gasteiger partial charge in [0.05, 0.1) is 6.04 Å². The van der Waals surface area contributed by atoms with Gasteiger partial charge in [-0.05, 0) is 35.2 Å². The van der Waals surface area contributed by atoms with Gasteiger partial charge in [0, 0.05) is 12.0 Å². The standard InChI is InChI=1S/C24H22N2O5/c1-15(13-30-22-12-6-11-21(26-22)23(27)28)25-24(29)31-14-20-18-9-4-2-7-16(18)17-8-3-5-10-19(17)20/h2-12,15,20H,13-14H2,1H3,(H,25,29)(H,27,28)/t15-/m1/s1. The number of benzene rings is 2. The van der Waals surface area contributed by atoms with Crippen LogP contribution in [-0.4, -0.2) is 41.4 Å². The maximum atomic E-state index is 12.3. The van der Waals surface area contributed by atoms with Gasteiger partial charge in [-0.3, -0.25) is 0 Å². The Kier molecular flexibility index (Phi) is 5.84. The fourth-order valence-corrected chi connectivity index (χ4v) is 3.71. The predicted molar refractivity (Wildman–Crippen MR) is 114 cm³/mol. The molecule has 2 aromatic carbocycles. The summed E-state index contributed by atoms with van der Waals surface area (Å²) in [6, 6.07) is 20.4. The Labute approximate surface area is 179 Å². The first-order valence-electron chi connectivity index (χ1n) is 9.97. The summed E-state index contributed by atoms with van der Waals surface area (Å²) >= 11 is 0. The van der Waals surface area contributed by atoms with Crippen LogP contribution < -0.4 is 10.1 Å². The Hall–Kier alpha value is -3.87. The first-order valence-corrected chi connectivity index (χ1v) is 9.97. The summed E-state index contributed by atoms with van der Waals surface area (Å²) in [7, 11) is 0. The molecule has 1 aromatic heterocycles. The van der Waals surface area contributed by atoms with Gasteiger partial charge < -0.3 is 19.9 Å². The lowest BCUT2D eigenvalue weighted by Crippen LogP contribution is -2.37. The van der Waals surface area contributed by atoms with E-state index in [2.05, 4.69) is 34.6 Å². The minimum absolute atomic E-state index is 0.00679. The van der Waals surface area contributed by atoms with Gasteiger partial charge in [-0.15, -0.1) is 0 Å². The van der Waals surface area contributed by atoms with Crippen LogP contribution in [0.25, 0.3) is 11.1 Å². The fraction of sp³-hybridized carbons (Fsp3) is 0.208. The lowest BCUT2D eigenvalue weighted by molar-refractivity contribution is 0.0689. The largest absolute Gasteiger partial charge is 0.477 e. The topological polar surface area (TPSA) is 97.8 Å². The zero-order valence-electron chi connectivity index (χ0n) is 16.9. The molecule has 0 saturated heterocycles. The van der Waals surface area contributed by atoms with Crippen LogP contribution in [0.15, 0.2) is 66.7 Å². The van der Waals surface area contributed by atoms with Crippen molar-refractivity contribution >= 4 is 12.1 Å². The van der Waals surface area contributed by atoms with Crippen LogP contribution in [0.2, 0.25) is 0 Å². The van der Waals surface area contributed by atoms with Crippen LogP contribution in [0.4, 0.5) is 4.79 Å². The van der Waals surface area contributed by atoms with Crippen LogP contribution in [0, 0.1) is 0 Å². The Morgan fingerprint density at radius 1 is 1.00 bits per heavy atom. The number of carboxylic acid groups (broad SMARTS) is 1. The van der Waals surface area contributed by atoms with Gasteiger partial charge >= 0.3 is 12.1 Å². The van der Waals surface area contributed by atoms with E-state index < -0.39 is 12.1 Å². The highest BCUT2D eigenvalue weighted by Gasteiger charge is 2.29. The molecule has 1 atom stereocenters. The highest BCUT2D eigenvalue weighted by atomic mass is 16.5. The normalized spacial score (nSPS) is 13.1. The van der Waals surface area contributed by atoms with Crippen molar-refractivity contribution in [2.45, 2.75) is 18.9 Å². The molecule has 0 saturated carbocycles. The van der Waals surface area contributed by atoms with E-state index in [9.17, 15) is 9.59 Å². The maximum absolute atomic E-state index is 12.3. The minimum atomic E-state index is -1.13. The van der Waals surface area contributed by atoms with Crippen molar-refractivity contribution in [2.24, 2.45) is 0 Å². The molecule has 0 bridgehead atoms. The molecule has 0 radical (unpaired) electrons. The molecule has 31 heavy (non-hydrogen) atoms. The molecular formula is C24H22N2O5. The van der Waals surface area contributed by atoms with Crippen molar-refractivity contribution in [1.29, 1.82) is 0 Å². The van der Waals surface area contributed by atoms with E-state index in [-0.39, 0.29) is 36.7 Å². The van der Waals surface area contributed by atoms with E-state index in [1.165, 1.54) is 17.2 Å². The van der Waals surface area contributed by atoms with Gasteiger partial charge in [-0.2, -0.15) is 0 Å². The SMILES string of the molecule is C[C@H](COc1cccc(C(=O)O)n1)NC(=O)OCC1c2ccccc2-c2ccccc21. The molecule has 0 aliphatic heterocycles. The first kappa shape index (κ1) is 20.4. The van der Waals surface area contributed by atoms with Gasteiger partial charge in [0.15, 0.2) is 5.69 Å². The summed E-state index contributed by atoms with van der Waals surface area (Å²) in [5, 5.41) is 11.7. The highest BCUT2D eigenvalue weighted by Crippen LogP contribution is 2.44. The Morgan fingerprint density at radius 3 is 2.29 bits per heavy atom. The molecule has 2 N–H and O–H groups in total. The molecule has 7 heteroatoms. The molecule has 0 fully saturated rings. The molecular weight excluding hydrogens is 396 g/mol. The number of amides is 1. The van der Waals surface area contributed by atoms with Crippen LogP contribution in [0.3, 0.4) is 0 Å². The zero-order chi connectivity index (χ0) is 21.8. The lowest BCUT2D eigenvalue weighted by atomic mass is 9.98. The number of fused-ring (bicyclic) bond motifs is 3. The molecule has 0 unspecified atom stereocenters. The lowest BCUT2D eigenvalue weighted by Gasteiger charge is -2.17. The molecule has 3 aromatic rings. The number of ether oxygens (including phenoxy) is 2. The number of carbonyl (C=O) groups is 2. The summed E-state index contributed by atoms with van der Waals surface area (Å²) in [5.41, 5.74) is 4.54. The van der Waals surface area contributed by atoms with Crippen molar-refractivity contribution in [3.05, 3.63) is 83.6 Å². The number of hydrogen-bond donors (Lipinski definition) is 2. The third kappa shape index (κ3) is 4.50. The van der Waals surface area contributed by atoms with Gasteiger partial charge in [0.2, 0.25) is 5.88 Å². The molecule has 1 aliphatic carbocycles. The second-order valence-electron chi connectivity index (χ2n) is 7.35. The average Bonchev–Trinajstić information content (AvgIpc) is 3.10. The van der Waals surface area contributed by atoms with Crippen molar-refractivity contribution in [3.8, 4) is 17.0 Å². The molecule has 158 valence electrons. The van der Waals surface area contributed by atoms with Gasteiger partial charge in [-0.25, -0.2) is 14.6 Å². The second-order valence-corrected chi connectivity index (χ2v) is 7.35. The van der Waals surface area contributed by atoms with Crippen molar-refractivity contribution in [2.75, 3.05) is 13.2 Å². The number of pyridine rings is 1. The van der Waals surface area contributed by atoms with Crippen LogP contribution in [0.5, 0.6) is 5.88 Å². The smallest absolute Gasteiger partial charge is 0.407 e. The van der Waals surface area contributed by atoms with E-state index in [0.29, 0.717) is 0 Å². The maximum Gasteiger partial charge on any atom is 0.407 e. The van der Waals surface area contributed by atoms with Crippen LogP contribution >= 0.6 is 0 Å². The third-order valence-corrected chi connectivity index (χ3v) is 5.13. The molecule has 4 rings (SSSR count). The van der Waals surface area contributed by atoms with Gasteiger partial charge in [0.25, 0.3) is 0 Å². The quantitative estimate of drug-likeness (QED) is 0.600. The predicted octanol–water partition coefficient (Wildman–Crippen LogP) is 4.09. The Balaban J connectivity index is 1.31. The van der Waals surface area contributed by atoms with Crippen molar-refractivity contribution in [1.82, 2.24) is 10.3 Å². The number of nitrogens with one attached hydrogen (secondary N) is 1. The van der Waals surface area contributed by atoms with Crippen molar-refractivity contribution in [3.63, 3.8) is 0 Å². The monoisotopic (exact) mass is 418 g/mol. The summed E-state index contributed by atoms with van der Waals surface area (Å²) in [6.07, 6.45) is -0.537. The van der Waals surface area contributed by atoms with Gasteiger partial charge in [0.1, 0.15) is 13.2 Å². The number of aromatic carboxylic acids is 1. The number of carbonyl (C=O) groups excluding carboxylic acids is 1. The van der Waals surface area contributed by atoms with E-state index in [0.717, 1.165) is 11.1 Å². The van der Waals surface area contributed by atoms with Crippen LogP contribution in [0.1, 0.15) is 34.5 Å².